The van der Waals surface area contributed by atoms with E-state index in [1.165, 1.54) is 0 Å². The monoisotopic (exact) mass is 284 g/mol. The number of nitrogens with one attached hydrogen (secondary N) is 1. The van der Waals surface area contributed by atoms with Crippen LogP contribution in [0.25, 0.3) is 0 Å². The van der Waals surface area contributed by atoms with Gasteiger partial charge in [0.25, 0.3) is 0 Å². The number of carbonyl (C=O) groups excluding carboxylic acids is 1. The van der Waals surface area contributed by atoms with Gasteiger partial charge in [0.05, 0.1) is 0 Å². The van der Waals surface area contributed by atoms with E-state index in [-0.39, 0.29) is 23.8 Å². The average Bonchev–Trinajstić information content (AvgIpc) is 2.33. The van der Waals surface area contributed by atoms with E-state index in [4.69, 9.17) is 5.11 Å². The number of urea groups is 1. The van der Waals surface area contributed by atoms with Crippen molar-refractivity contribution in [1.29, 1.82) is 0 Å². The van der Waals surface area contributed by atoms with Crippen molar-refractivity contribution >= 4 is 12.0 Å². The minimum absolute atomic E-state index is 0.0591. The zero-order valence-electron chi connectivity index (χ0n) is 13.1. The Kier molecular flexibility index (Phi) is 5.84. The zero-order chi connectivity index (χ0) is 15.3. The van der Waals surface area contributed by atoms with E-state index in [0.717, 1.165) is 19.4 Å². The lowest BCUT2D eigenvalue weighted by atomic mass is 9.82. The van der Waals surface area contributed by atoms with Crippen LogP contribution in [0.4, 0.5) is 4.79 Å². The topological polar surface area (TPSA) is 69.6 Å². The number of aliphatic carboxylic acids is 1. The van der Waals surface area contributed by atoms with Crippen LogP contribution in [-0.4, -0.2) is 41.6 Å². The number of likely N-dealkylation sites (tertiary alicyclic amines) is 1. The van der Waals surface area contributed by atoms with Crippen molar-refractivity contribution in [1.82, 2.24) is 10.2 Å². The number of hydrogen-bond acceptors (Lipinski definition) is 2. The molecule has 0 saturated carbocycles. The first kappa shape index (κ1) is 16.8. The molecule has 20 heavy (non-hydrogen) atoms. The molecule has 0 radical (unpaired) electrons. The molecular weight excluding hydrogens is 256 g/mol. The summed E-state index contributed by atoms with van der Waals surface area (Å²) in [5.74, 6) is -0.295. The Morgan fingerprint density at radius 3 is 2.60 bits per heavy atom. The van der Waals surface area contributed by atoms with Crippen molar-refractivity contribution in [2.75, 3.05) is 19.6 Å². The van der Waals surface area contributed by atoms with Gasteiger partial charge in [-0.05, 0) is 30.1 Å². The first-order valence-electron chi connectivity index (χ1n) is 7.44. The van der Waals surface area contributed by atoms with Gasteiger partial charge in [0.1, 0.15) is 0 Å². The SMILES string of the molecule is CC(CNC(=O)N1CCCC(CC(=O)O)C1)C(C)(C)C. The van der Waals surface area contributed by atoms with Gasteiger partial charge in [-0.2, -0.15) is 0 Å². The molecule has 1 fully saturated rings. The van der Waals surface area contributed by atoms with Crippen LogP contribution in [0.2, 0.25) is 0 Å². The number of amides is 2. The molecule has 1 aliphatic heterocycles. The Morgan fingerprint density at radius 2 is 2.05 bits per heavy atom. The molecule has 0 aliphatic carbocycles. The summed E-state index contributed by atoms with van der Waals surface area (Å²) in [7, 11) is 0. The predicted octanol–water partition coefficient (Wildman–Crippen LogP) is 2.56. The lowest BCUT2D eigenvalue weighted by Gasteiger charge is -2.33. The number of piperidine rings is 1. The summed E-state index contributed by atoms with van der Waals surface area (Å²) in [6.45, 7) is 10.6. The lowest BCUT2D eigenvalue weighted by Crippen LogP contribution is -2.47. The number of carboxylic acid groups (broad SMARTS) is 1. The molecule has 2 N–H and O–H groups in total. The minimum atomic E-state index is -0.779. The molecule has 0 aromatic carbocycles. The largest absolute Gasteiger partial charge is 0.481 e. The van der Waals surface area contributed by atoms with Gasteiger partial charge >= 0.3 is 12.0 Å². The lowest BCUT2D eigenvalue weighted by molar-refractivity contribution is -0.138. The van der Waals surface area contributed by atoms with Crippen LogP contribution >= 0.6 is 0 Å². The Balaban J connectivity index is 2.41. The van der Waals surface area contributed by atoms with Gasteiger partial charge < -0.3 is 15.3 Å². The maximum absolute atomic E-state index is 12.1. The second-order valence-corrected chi connectivity index (χ2v) is 7.01. The van der Waals surface area contributed by atoms with Gasteiger partial charge in [-0.15, -0.1) is 0 Å². The van der Waals surface area contributed by atoms with Gasteiger partial charge in [-0.1, -0.05) is 27.7 Å². The van der Waals surface area contributed by atoms with Gasteiger partial charge in [0.15, 0.2) is 0 Å². The summed E-state index contributed by atoms with van der Waals surface area (Å²) in [6.07, 6.45) is 1.94. The number of carboxylic acids is 1. The Hall–Kier alpha value is -1.26. The fraction of sp³-hybridized carbons (Fsp3) is 0.867. The molecule has 116 valence electrons. The van der Waals surface area contributed by atoms with Crippen LogP contribution in [0.3, 0.4) is 0 Å². The fourth-order valence-corrected chi connectivity index (χ4v) is 2.32. The number of hydrogen-bond donors (Lipinski definition) is 2. The second-order valence-electron chi connectivity index (χ2n) is 7.01. The van der Waals surface area contributed by atoms with E-state index in [0.29, 0.717) is 19.0 Å². The molecule has 2 amide bonds. The zero-order valence-corrected chi connectivity index (χ0v) is 13.1. The molecule has 5 heteroatoms. The summed E-state index contributed by atoms with van der Waals surface area (Å²) < 4.78 is 0. The molecule has 5 nitrogen and oxygen atoms in total. The highest BCUT2D eigenvalue weighted by molar-refractivity contribution is 5.74. The van der Waals surface area contributed by atoms with E-state index in [1.54, 1.807) is 4.90 Å². The Labute approximate surface area is 121 Å². The Bertz CT molecular complexity index is 350. The summed E-state index contributed by atoms with van der Waals surface area (Å²) in [6, 6.07) is -0.0591. The highest BCUT2D eigenvalue weighted by Crippen LogP contribution is 2.24. The molecule has 1 aliphatic rings. The quantitative estimate of drug-likeness (QED) is 0.833. The minimum Gasteiger partial charge on any atom is -0.481 e. The van der Waals surface area contributed by atoms with E-state index in [2.05, 4.69) is 33.0 Å². The molecule has 1 heterocycles. The van der Waals surface area contributed by atoms with Gasteiger partial charge in [-0.3, -0.25) is 4.79 Å². The third kappa shape index (κ3) is 5.39. The molecule has 2 unspecified atom stereocenters. The highest BCUT2D eigenvalue weighted by atomic mass is 16.4. The van der Waals surface area contributed by atoms with E-state index in [1.807, 2.05) is 0 Å². The third-order valence-corrected chi connectivity index (χ3v) is 4.31. The molecule has 0 aromatic rings. The van der Waals surface area contributed by atoms with Gasteiger partial charge in [0, 0.05) is 26.1 Å². The number of nitrogens with zero attached hydrogens (tertiary/aromatic N) is 1. The first-order chi connectivity index (χ1) is 9.20. The smallest absolute Gasteiger partial charge is 0.317 e. The molecule has 0 spiro atoms. The second kappa shape index (κ2) is 6.95. The molecule has 1 rings (SSSR count). The molecular formula is C15H28N2O3. The summed E-state index contributed by atoms with van der Waals surface area (Å²) in [5.41, 5.74) is 0.168. The van der Waals surface area contributed by atoms with E-state index < -0.39 is 5.97 Å². The fourth-order valence-electron chi connectivity index (χ4n) is 2.32. The van der Waals surface area contributed by atoms with E-state index in [9.17, 15) is 9.59 Å². The molecule has 0 aromatic heterocycles. The normalized spacial score (nSPS) is 21.4. The van der Waals surface area contributed by atoms with E-state index >= 15 is 0 Å². The molecule has 0 bridgehead atoms. The highest BCUT2D eigenvalue weighted by Gasteiger charge is 2.26. The van der Waals surface area contributed by atoms with Crippen molar-refractivity contribution in [2.24, 2.45) is 17.3 Å². The van der Waals surface area contributed by atoms with Crippen molar-refractivity contribution in [3.8, 4) is 0 Å². The average molecular weight is 284 g/mol. The van der Waals surface area contributed by atoms with Crippen molar-refractivity contribution in [3.63, 3.8) is 0 Å². The summed E-state index contributed by atoms with van der Waals surface area (Å²) >= 11 is 0. The summed E-state index contributed by atoms with van der Waals surface area (Å²) in [5, 5.41) is 11.8. The van der Waals surface area contributed by atoms with Crippen LogP contribution in [0.5, 0.6) is 0 Å². The van der Waals surface area contributed by atoms with Crippen molar-refractivity contribution < 1.29 is 14.7 Å². The maximum atomic E-state index is 12.1. The first-order valence-corrected chi connectivity index (χ1v) is 7.44. The van der Waals surface area contributed by atoms with Gasteiger partial charge in [0.2, 0.25) is 0 Å². The Morgan fingerprint density at radius 1 is 1.40 bits per heavy atom. The molecule has 1 saturated heterocycles. The van der Waals surface area contributed by atoms with Crippen LogP contribution in [0.1, 0.15) is 47.0 Å². The third-order valence-electron chi connectivity index (χ3n) is 4.31. The van der Waals surface area contributed by atoms with Crippen molar-refractivity contribution in [3.05, 3.63) is 0 Å². The predicted molar refractivity (Wildman–Crippen MR) is 78.6 cm³/mol. The van der Waals surface area contributed by atoms with Crippen molar-refractivity contribution in [2.45, 2.75) is 47.0 Å². The maximum Gasteiger partial charge on any atom is 0.317 e. The van der Waals surface area contributed by atoms with Gasteiger partial charge in [-0.25, -0.2) is 4.79 Å². The van der Waals surface area contributed by atoms with Crippen LogP contribution in [0.15, 0.2) is 0 Å². The van der Waals surface area contributed by atoms with Crippen LogP contribution < -0.4 is 5.32 Å². The van der Waals surface area contributed by atoms with Crippen LogP contribution in [-0.2, 0) is 4.79 Å². The number of rotatable bonds is 4. The molecule has 2 atom stereocenters. The standard InChI is InChI=1S/C15H28N2O3/c1-11(15(2,3)4)9-16-14(20)17-7-5-6-12(10-17)8-13(18)19/h11-12H,5-10H2,1-4H3,(H,16,20)(H,18,19). The van der Waals surface area contributed by atoms with Crippen LogP contribution in [0, 0.1) is 17.3 Å². The summed E-state index contributed by atoms with van der Waals surface area (Å²) in [4.78, 5) is 24.6. The number of carbonyl (C=O) groups is 2.